The molecule has 19 heavy (non-hydrogen) atoms. The first-order valence-electron chi connectivity index (χ1n) is 6.25. The molecule has 0 amide bonds. The van der Waals surface area contributed by atoms with E-state index in [1.165, 1.54) is 5.56 Å². The summed E-state index contributed by atoms with van der Waals surface area (Å²) in [4.78, 5) is 8.95. The van der Waals surface area contributed by atoms with Crippen LogP contribution in [0, 0.1) is 6.92 Å². The van der Waals surface area contributed by atoms with E-state index in [9.17, 15) is 0 Å². The van der Waals surface area contributed by atoms with Crippen LogP contribution in [0.2, 0.25) is 0 Å². The molecule has 3 rings (SSSR count). The van der Waals surface area contributed by atoms with E-state index in [1.807, 2.05) is 31.3 Å². The Balaban J connectivity index is 2.08. The first-order chi connectivity index (χ1) is 9.28. The summed E-state index contributed by atoms with van der Waals surface area (Å²) in [6, 6.07) is 12.1. The number of pyridine rings is 1. The van der Waals surface area contributed by atoms with Crippen molar-refractivity contribution in [3.05, 3.63) is 47.9 Å². The van der Waals surface area contributed by atoms with Gasteiger partial charge < -0.3 is 9.73 Å². The summed E-state index contributed by atoms with van der Waals surface area (Å²) in [6.45, 7) is 2.69. The van der Waals surface area contributed by atoms with Crippen molar-refractivity contribution in [1.29, 1.82) is 0 Å². The fourth-order valence-electron chi connectivity index (χ4n) is 2.10. The highest BCUT2D eigenvalue weighted by molar-refractivity contribution is 5.74. The molecule has 2 aromatic heterocycles. The minimum atomic E-state index is 0.607. The van der Waals surface area contributed by atoms with Gasteiger partial charge in [0, 0.05) is 5.56 Å². The molecule has 96 valence electrons. The lowest BCUT2D eigenvalue weighted by atomic mass is 10.1. The van der Waals surface area contributed by atoms with Crippen LogP contribution in [0.3, 0.4) is 0 Å². The number of hydrogen-bond acceptors (Lipinski definition) is 4. The van der Waals surface area contributed by atoms with E-state index in [2.05, 4.69) is 34.3 Å². The number of aromatic nitrogens is 2. The van der Waals surface area contributed by atoms with Crippen LogP contribution >= 0.6 is 0 Å². The van der Waals surface area contributed by atoms with Gasteiger partial charge in [-0.1, -0.05) is 24.3 Å². The highest BCUT2D eigenvalue weighted by atomic mass is 16.3. The van der Waals surface area contributed by atoms with Gasteiger partial charge in [-0.05, 0) is 31.7 Å². The molecule has 1 aromatic carbocycles. The van der Waals surface area contributed by atoms with E-state index in [0.717, 1.165) is 16.8 Å². The number of aryl methyl sites for hydroxylation is 1. The summed E-state index contributed by atoms with van der Waals surface area (Å²) in [7, 11) is 1.86. The van der Waals surface area contributed by atoms with Crippen molar-refractivity contribution in [1.82, 2.24) is 15.3 Å². The molecule has 0 bridgehead atoms. The van der Waals surface area contributed by atoms with Gasteiger partial charge in [-0.2, -0.15) is 4.98 Å². The average molecular weight is 253 g/mol. The number of rotatable bonds is 3. The third-order valence-corrected chi connectivity index (χ3v) is 3.05. The number of fused-ring (bicyclic) bond motifs is 1. The molecule has 0 fully saturated rings. The molecular formula is C15H15N3O. The first-order valence-corrected chi connectivity index (χ1v) is 6.25. The smallest absolute Gasteiger partial charge is 0.211 e. The zero-order chi connectivity index (χ0) is 13.2. The summed E-state index contributed by atoms with van der Waals surface area (Å²) in [5.41, 5.74) is 4.64. The first kappa shape index (κ1) is 11.9. The topological polar surface area (TPSA) is 51.0 Å². The molecule has 0 aliphatic carbocycles. The Morgan fingerprint density at radius 2 is 1.95 bits per heavy atom. The fourth-order valence-corrected chi connectivity index (χ4v) is 2.10. The Kier molecular flexibility index (Phi) is 3.01. The van der Waals surface area contributed by atoms with E-state index in [4.69, 9.17) is 4.42 Å². The third kappa shape index (κ3) is 2.22. The third-order valence-electron chi connectivity index (χ3n) is 3.05. The van der Waals surface area contributed by atoms with Crippen molar-refractivity contribution in [2.45, 2.75) is 13.5 Å². The van der Waals surface area contributed by atoms with Gasteiger partial charge in [-0.25, -0.2) is 4.98 Å². The van der Waals surface area contributed by atoms with Crippen molar-refractivity contribution in [3.8, 4) is 11.3 Å². The van der Waals surface area contributed by atoms with Gasteiger partial charge in [0.1, 0.15) is 0 Å². The van der Waals surface area contributed by atoms with Gasteiger partial charge >= 0.3 is 0 Å². The summed E-state index contributed by atoms with van der Waals surface area (Å²) in [5.74, 6) is 0.659. The molecule has 3 aromatic rings. The predicted molar refractivity (Wildman–Crippen MR) is 74.7 cm³/mol. The molecule has 4 heteroatoms. The molecule has 2 heterocycles. The van der Waals surface area contributed by atoms with Crippen LogP contribution in [-0.2, 0) is 6.54 Å². The Morgan fingerprint density at radius 3 is 2.74 bits per heavy atom. The highest BCUT2D eigenvalue weighted by Gasteiger charge is 2.09. The van der Waals surface area contributed by atoms with Gasteiger partial charge in [0.05, 0.1) is 12.2 Å². The lowest BCUT2D eigenvalue weighted by molar-refractivity contribution is 0.511. The van der Waals surface area contributed by atoms with Crippen molar-refractivity contribution in [2.24, 2.45) is 0 Å². The maximum Gasteiger partial charge on any atom is 0.211 e. The lowest BCUT2D eigenvalue weighted by Gasteiger charge is -2.03. The van der Waals surface area contributed by atoms with Crippen LogP contribution in [0.5, 0.6) is 0 Å². The maximum absolute atomic E-state index is 5.59. The highest BCUT2D eigenvalue weighted by Crippen LogP contribution is 2.24. The van der Waals surface area contributed by atoms with Gasteiger partial charge in [0.25, 0.3) is 0 Å². The average Bonchev–Trinajstić information content (AvgIpc) is 2.81. The molecule has 0 saturated heterocycles. The minimum Gasteiger partial charge on any atom is -0.438 e. The Morgan fingerprint density at radius 1 is 1.11 bits per heavy atom. The summed E-state index contributed by atoms with van der Waals surface area (Å²) in [5, 5.41) is 3.02. The van der Waals surface area contributed by atoms with Gasteiger partial charge in [0.2, 0.25) is 5.89 Å². The van der Waals surface area contributed by atoms with E-state index in [0.29, 0.717) is 18.1 Å². The number of nitrogens with one attached hydrogen (secondary N) is 1. The van der Waals surface area contributed by atoms with Gasteiger partial charge in [-0.15, -0.1) is 0 Å². The van der Waals surface area contributed by atoms with Crippen molar-refractivity contribution in [3.63, 3.8) is 0 Å². The zero-order valence-corrected chi connectivity index (χ0v) is 11.0. The number of oxazole rings is 1. The van der Waals surface area contributed by atoms with Crippen LogP contribution < -0.4 is 5.32 Å². The molecule has 0 aliphatic heterocycles. The normalized spacial score (nSPS) is 11.1. The zero-order valence-electron chi connectivity index (χ0n) is 11.0. The molecular weight excluding hydrogens is 238 g/mol. The maximum atomic E-state index is 5.59. The largest absolute Gasteiger partial charge is 0.438 e. The molecule has 4 nitrogen and oxygen atoms in total. The fraction of sp³-hybridized carbons (Fsp3) is 0.200. The standard InChI is InChI=1S/C15H15N3O/c1-10-5-3-4-6-11(10)12-7-8-13-15(17-12)18-14(19-13)9-16-2/h3-8,16H,9H2,1-2H3. The van der Waals surface area contributed by atoms with Crippen LogP contribution in [-0.4, -0.2) is 17.0 Å². The summed E-state index contributed by atoms with van der Waals surface area (Å²) >= 11 is 0. The molecule has 0 aliphatic rings. The SMILES string of the molecule is CNCc1nc2nc(-c3ccccc3C)ccc2o1. The second-order valence-electron chi connectivity index (χ2n) is 4.47. The molecule has 1 N–H and O–H groups in total. The summed E-state index contributed by atoms with van der Waals surface area (Å²) < 4.78 is 5.59. The van der Waals surface area contributed by atoms with E-state index in [-0.39, 0.29) is 0 Å². The van der Waals surface area contributed by atoms with Crippen LogP contribution in [0.1, 0.15) is 11.5 Å². The second-order valence-corrected chi connectivity index (χ2v) is 4.47. The number of nitrogens with zero attached hydrogens (tertiary/aromatic N) is 2. The molecule has 0 radical (unpaired) electrons. The lowest BCUT2D eigenvalue weighted by Crippen LogP contribution is -2.04. The molecule has 0 unspecified atom stereocenters. The number of benzene rings is 1. The molecule has 0 spiro atoms. The van der Waals surface area contributed by atoms with Gasteiger partial charge in [-0.3, -0.25) is 0 Å². The van der Waals surface area contributed by atoms with Crippen LogP contribution in [0.25, 0.3) is 22.5 Å². The quantitative estimate of drug-likeness (QED) is 0.779. The minimum absolute atomic E-state index is 0.607. The Hall–Kier alpha value is -2.20. The van der Waals surface area contributed by atoms with Crippen molar-refractivity contribution < 1.29 is 4.42 Å². The number of hydrogen-bond donors (Lipinski definition) is 1. The summed E-state index contributed by atoms with van der Waals surface area (Å²) in [6.07, 6.45) is 0. The van der Waals surface area contributed by atoms with Crippen LogP contribution in [0.15, 0.2) is 40.8 Å². The van der Waals surface area contributed by atoms with E-state index >= 15 is 0 Å². The molecule has 0 saturated carbocycles. The molecule has 0 atom stereocenters. The van der Waals surface area contributed by atoms with E-state index in [1.54, 1.807) is 0 Å². The van der Waals surface area contributed by atoms with Crippen molar-refractivity contribution >= 4 is 11.2 Å². The van der Waals surface area contributed by atoms with Crippen LogP contribution in [0.4, 0.5) is 0 Å². The Bertz CT molecular complexity index is 718. The second kappa shape index (κ2) is 4.82. The Labute approximate surface area is 111 Å². The van der Waals surface area contributed by atoms with E-state index < -0.39 is 0 Å². The van der Waals surface area contributed by atoms with Crippen molar-refractivity contribution in [2.75, 3.05) is 7.05 Å². The van der Waals surface area contributed by atoms with Gasteiger partial charge in [0.15, 0.2) is 11.2 Å². The predicted octanol–water partition coefficient (Wildman–Crippen LogP) is 2.92. The monoisotopic (exact) mass is 253 g/mol.